The van der Waals surface area contributed by atoms with Gasteiger partial charge in [0.05, 0.1) is 5.69 Å². The summed E-state index contributed by atoms with van der Waals surface area (Å²) in [5, 5.41) is 2.51. The zero-order chi connectivity index (χ0) is 21.0. The Kier molecular flexibility index (Phi) is 5.97. The molecular weight excluding hydrogens is 385 g/mol. The molecule has 150 valence electrons. The van der Waals surface area contributed by atoms with Crippen molar-refractivity contribution in [1.82, 2.24) is 4.98 Å². The molecule has 30 heavy (non-hydrogen) atoms. The average Bonchev–Trinajstić information content (AvgIpc) is 2.79. The summed E-state index contributed by atoms with van der Waals surface area (Å²) in [7, 11) is -2.99. The minimum Gasteiger partial charge on any atom is -0.309 e. The molecule has 0 spiro atoms. The highest BCUT2D eigenvalue weighted by molar-refractivity contribution is 7.85. The number of hydrogen-bond acceptors (Lipinski definition) is 2. The highest BCUT2D eigenvalue weighted by Crippen LogP contribution is 2.42. The van der Waals surface area contributed by atoms with Crippen LogP contribution in [0, 0.1) is 5.92 Å². The van der Waals surface area contributed by atoms with Crippen molar-refractivity contribution in [3.05, 3.63) is 109 Å². The van der Waals surface area contributed by atoms with Gasteiger partial charge in [0.1, 0.15) is 0 Å². The van der Waals surface area contributed by atoms with Gasteiger partial charge in [-0.05, 0) is 36.1 Å². The monoisotopic (exact) mass is 411 g/mol. The molecule has 0 aliphatic carbocycles. The van der Waals surface area contributed by atoms with Crippen molar-refractivity contribution in [3.8, 4) is 11.3 Å². The first-order valence-corrected chi connectivity index (χ1v) is 12.1. The third-order valence-electron chi connectivity index (χ3n) is 5.21. The van der Waals surface area contributed by atoms with Crippen molar-refractivity contribution in [2.45, 2.75) is 20.3 Å². The van der Waals surface area contributed by atoms with Crippen LogP contribution in [0.1, 0.15) is 19.4 Å². The Morgan fingerprint density at radius 2 is 1.33 bits per heavy atom. The fourth-order valence-electron chi connectivity index (χ4n) is 3.81. The van der Waals surface area contributed by atoms with Crippen LogP contribution in [0.4, 0.5) is 0 Å². The van der Waals surface area contributed by atoms with Gasteiger partial charge < -0.3 is 4.57 Å². The van der Waals surface area contributed by atoms with Crippen molar-refractivity contribution in [2.75, 3.05) is 0 Å². The van der Waals surface area contributed by atoms with Gasteiger partial charge in [-0.3, -0.25) is 4.98 Å². The van der Waals surface area contributed by atoms with Crippen molar-refractivity contribution >= 4 is 23.1 Å². The third-order valence-corrected chi connectivity index (χ3v) is 8.27. The fourth-order valence-corrected chi connectivity index (χ4v) is 6.51. The maximum absolute atomic E-state index is 14.6. The molecule has 0 fully saturated rings. The molecule has 0 aliphatic heterocycles. The van der Waals surface area contributed by atoms with Gasteiger partial charge in [0.25, 0.3) is 0 Å². The highest BCUT2D eigenvalue weighted by atomic mass is 31.2. The van der Waals surface area contributed by atoms with Gasteiger partial charge in [-0.2, -0.15) is 0 Å². The summed E-state index contributed by atoms with van der Waals surface area (Å²) >= 11 is 0. The van der Waals surface area contributed by atoms with Gasteiger partial charge in [-0.15, -0.1) is 0 Å². The molecule has 2 nitrogen and oxygen atoms in total. The standard InChI is InChI=1S/C27H26NOP/c1-21(2)18-22-16-17-28-27(19-22)23-10-9-15-26(20-23)30(29,24-11-5-3-6-12-24)25-13-7-4-8-14-25/h3-17,19-21H,18H2,1-2H3. The molecule has 0 amide bonds. The molecule has 0 radical (unpaired) electrons. The highest BCUT2D eigenvalue weighted by Gasteiger charge is 2.29. The first-order valence-electron chi connectivity index (χ1n) is 10.3. The van der Waals surface area contributed by atoms with Crippen molar-refractivity contribution in [1.29, 1.82) is 0 Å². The van der Waals surface area contributed by atoms with E-state index in [2.05, 4.69) is 31.0 Å². The summed E-state index contributed by atoms with van der Waals surface area (Å²) in [5.74, 6) is 0.586. The summed E-state index contributed by atoms with van der Waals surface area (Å²) in [6, 6.07) is 31.8. The minimum absolute atomic E-state index is 0.586. The van der Waals surface area contributed by atoms with Gasteiger partial charge in [-0.25, -0.2) is 0 Å². The van der Waals surface area contributed by atoms with Crippen LogP contribution < -0.4 is 15.9 Å². The Hall–Kier alpha value is -2.96. The molecule has 0 bridgehead atoms. The summed E-state index contributed by atoms with van der Waals surface area (Å²) < 4.78 is 14.6. The number of pyridine rings is 1. The first-order chi connectivity index (χ1) is 14.6. The van der Waals surface area contributed by atoms with Crippen molar-refractivity contribution in [2.24, 2.45) is 5.92 Å². The van der Waals surface area contributed by atoms with Crippen molar-refractivity contribution < 1.29 is 4.57 Å². The molecule has 1 aromatic heterocycles. The number of rotatable bonds is 6. The minimum atomic E-state index is -2.99. The Morgan fingerprint density at radius 3 is 1.93 bits per heavy atom. The van der Waals surface area contributed by atoms with E-state index >= 15 is 0 Å². The first kappa shape index (κ1) is 20.3. The van der Waals surface area contributed by atoms with Crippen LogP contribution in [-0.2, 0) is 11.0 Å². The van der Waals surface area contributed by atoms with E-state index in [0.717, 1.165) is 33.6 Å². The molecule has 3 aromatic carbocycles. The Morgan fingerprint density at radius 1 is 0.733 bits per heavy atom. The molecule has 0 unspecified atom stereocenters. The van der Waals surface area contributed by atoms with E-state index in [-0.39, 0.29) is 0 Å². The summed E-state index contributed by atoms with van der Waals surface area (Å²) in [5.41, 5.74) is 3.18. The summed E-state index contributed by atoms with van der Waals surface area (Å²) in [6.45, 7) is 4.44. The molecule has 0 atom stereocenters. The maximum atomic E-state index is 14.6. The molecule has 4 rings (SSSR count). The van der Waals surface area contributed by atoms with E-state index < -0.39 is 7.14 Å². The largest absolute Gasteiger partial charge is 0.309 e. The molecule has 0 saturated carbocycles. The second-order valence-corrected chi connectivity index (χ2v) is 10.7. The Balaban J connectivity index is 1.84. The van der Waals surface area contributed by atoms with E-state index in [0.29, 0.717) is 5.92 Å². The number of nitrogens with zero attached hydrogens (tertiary/aromatic N) is 1. The topological polar surface area (TPSA) is 30.0 Å². The van der Waals surface area contributed by atoms with E-state index in [1.165, 1.54) is 5.56 Å². The molecule has 1 heterocycles. The van der Waals surface area contributed by atoms with Gasteiger partial charge in [0.2, 0.25) is 0 Å². The predicted octanol–water partition coefficient (Wildman–Crippen LogP) is 5.59. The predicted molar refractivity (Wildman–Crippen MR) is 128 cm³/mol. The van der Waals surface area contributed by atoms with Crippen LogP contribution in [0.3, 0.4) is 0 Å². The van der Waals surface area contributed by atoms with E-state index in [9.17, 15) is 4.57 Å². The van der Waals surface area contributed by atoms with Crippen LogP contribution in [0.5, 0.6) is 0 Å². The normalized spacial score (nSPS) is 11.6. The average molecular weight is 411 g/mol. The lowest BCUT2D eigenvalue weighted by Gasteiger charge is -2.20. The number of benzene rings is 3. The third kappa shape index (κ3) is 4.15. The van der Waals surface area contributed by atoms with Gasteiger partial charge in [0, 0.05) is 27.7 Å². The Labute approximate surface area is 179 Å². The molecule has 0 saturated heterocycles. The van der Waals surface area contributed by atoms with Crippen LogP contribution >= 0.6 is 7.14 Å². The molecule has 3 heteroatoms. The second kappa shape index (κ2) is 8.81. The lowest BCUT2D eigenvalue weighted by molar-refractivity contribution is 0.592. The van der Waals surface area contributed by atoms with Crippen LogP contribution in [0.25, 0.3) is 11.3 Å². The Bertz CT molecular complexity index is 1130. The second-order valence-electron chi connectivity index (χ2n) is 7.98. The molecule has 4 aromatic rings. The molecule has 0 N–H and O–H groups in total. The van der Waals surface area contributed by atoms with Crippen LogP contribution in [-0.4, -0.2) is 4.98 Å². The smallest absolute Gasteiger partial charge is 0.171 e. The summed E-state index contributed by atoms with van der Waals surface area (Å²) in [6.07, 6.45) is 2.88. The van der Waals surface area contributed by atoms with Gasteiger partial charge in [-0.1, -0.05) is 92.7 Å². The van der Waals surface area contributed by atoms with Crippen LogP contribution in [0.15, 0.2) is 103 Å². The zero-order valence-corrected chi connectivity index (χ0v) is 18.3. The summed E-state index contributed by atoms with van der Waals surface area (Å²) in [4.78, 5) is 4.60. The SMILES string of the molecule is CC(C)Cc1ccnc(-c2cccc(P(=O)(c3ccccc3)c3ccccc3)c2)c1. The lowest BCUT2D eigenvalue weighted by Crippen LogP contribution is -2.25. The van der Waals surface area contributed by atoms with Gasteiger partial charge >= 0.3 is 0 Å². The molecule has 0 aliphatic rings. The number of hydrogen-bond donors (Lipinski definition) is 0. The zero-order valence-electron chi connectivity index (χ0n) is 17.4. The number of aromatic nitrogens is 1. The van der Waals surface area contributed by atoms with E-state index in [1.54, 1.807) is 0 Å². The van der Waals surface area contributed by atoms with E-state index in [1.807, 2.05) is 91.1 Å². The molecular formula is C27H26NOP. The quantitative estimate of drug-likeness (QED) is 0.387. The fraction of sp³-hybridized carbons (Fsp3) is 0.148. The van der Waals surface area contributed by atoms with E-state index in [4.69, 9.17) is 0 Å². The maximum Gasteiger partial charge on any atom is 0.171 e. The lowest BCUT2D eigenvalue weighted by atomic mass is 10.0. The van der Waals surface area contributed by atoms with Crippen LogP contribution in [0.2, 0.25) is 0 Å². The van der Waals surface area contributed by atoms with Gasteiger partial charge in [0.15, 0.2) is 7.14 Å². The van der Waals surface area contributed by atoms with Crippen molar-refractivity contribution in [3.63, 3.8) is 0 Å².